The first-order chi connectivity index (χ1) is 7.58. The number of nitrogens with zero attached hydrogens (tertiary/aromatic N) is 1. The van der Waals surface area contributed by atoms with E-state index >= 15 is 0 Å². The van der Waals surface area contributed by atoms with Gasteiger partial charge in [-0.2, -0.15) is 0 Å². The van der Waals surface area contributed by atoms with Crippen LogP contribution < -0.4 is 5.73 Å². The molecule has 6 nitrogen and oxygen atoms in total. The lowest BCUT2D eigenvalue weighted by molar-refractivity contribution is -0.149. The Labute approximate surface area is 96.4 Å². The molecule has 88 valence electrons. The maximum absolute atomic E-state index is 11.5. The zero-order chi connectivity index (χ0) is 12.1. The molecule has 0 aliphatic carbocycles. The number of nitrogen functional groups attached to an aromatic ring is 1. The molecule has 1 rings (SSSR count). The lowest BCUT2D eigenvalue weighted by Crippen LogP contribution is -2.19. The molecule has 0 aliphatic heterocycles. The number of nitrogens with two attached hydrogens (primary N) is 1. The van der Waals surface area contributed by atoms with Crippen molar-refractivity contribution >= 4 is 28.4 Å². The summed E-state index contributed by atoms with van der Waals surface area (Å²) in [5, 5.41) is 1.97. The van der Waals surface area contributed by atoms with E-state index in [2.05, 4.69) is 14.5 Å². The van der Waals surface area contributed by atoms with Crippen LogP contribution in [0.15, 0.2) is 5.38 Å². The zero-order valence-electron chi connectivity index (χ0n) is 8.93. The molecule has 0 aromatic carbocycles. The highest BCUT2D eigenvalue weighted by molar-refractivity contribution is 7.13. The number of ether oxygens (including phenoxy) is 2. The molecule has 0 aliphatic rings. The third kappa shape index (κ3) is 2.93. The standard InChI is InChI=1S/C9H12N2O4S/c1-14-7(12)3-5(8(13)15-2)6-4-16-9(10)11-6/h4-5H,3H2,1-2H3,(H2,10,11)/t5-/m0/s1. The summed E-state index contributed by atoms with van der Waals surface area (Å²) in [4.78, 5) is 26.6. The van der Waals surface area contributed by atoms with Gasteiger partial charge >= 0.3 is 11.9 Å². The molecule has 1 aromatic heterocycles. The summed E-state index contributed by atoms with van der Waals surface area (Å²) in [6.45, 7) is 0. The van der Waals surface area contributed by atoms with E-state index in [1.807, 2.05) is 0 Å². The third-order valence-corrected chi connectivity index (χ3v) is 2.67. The van der Waals surface area contributed by atoms with Crippen molar-refractivity contribution in [1.29, 1.82) is 0 Å². The SMILES string of the molecule is COC(=O)C[C@H](C(=O)OC)c1csc(N)n1. The van der Waals surface area contributed by atoms with Gasteiger partial charge in [-0.05, 0) is 0 Å². The van der Waals surface area contributed by atoms with Crippen LogP contribution in [-0.2, 0) is 19.1 Å². The van der Waals surface area contributed by atoms with Gasteiger partial charge in [-0.25, -0.2) is 4.98 Å². The van der Waals surface area contributed by atoms with Crippen molar-refractivity contribution in [1.82, 2.24) is 4.98 Å². The monoisotopic (exact) mass is 244 g/mol. The van der Waals surface area contributed by atoms with Crippen LogP contribution in [0.4, 0.5) is 5.13 Å². The Morgan fingerprint density at radius 2 is 2.19 bits per heavy atom. The number of anilines is 1. The molecule has 16 heavy (non-hydrogen) atoms. The molecule has 0 unspecified atom stereocenters. The van der Waals surface area contributed by atoms with E-state index in [1.165, 1.54) is 25.6 Å². The number of aromatic nitrogens is 1. The Morgan fingerprint density at radius 3 is 2.62 bits per heavy atom. The summed E-state index contributed by atoms with van der Waals surface area (Å²) in [6, 6.07) is 0. The lowest BCUT2D eigenvalue weighted by Gasteiger charge is -2.10. The van der Waals surface area contributed by atoms with Crippen molar-refractivity contribution in [3.63, 3.8) is 0 Å². The van der Waals surface area contributed by atoms with Crippen molar-refractivity contribution in [3.05, 3.63) is 11.1 Å². The molecule has 1 aromatic rings. The summed E-state index contributed by atoms with van der Waals surface area (Å²) >= 11 is 1.20. The summed E-state index contributed by atoms with van der Waals surface area (Å²) in [7, 11) is 2.51. The van der Waals surface area contributed by atoms with Gasteiger partial charge in [0.15, 0.2) is 5.13 Å². The molecule has 0 bridgehead atoms. The fourth-order valence-corrected chi connectivity index (χ4v) is 1.78. The topological polar surface area (TPSA) is 91.5 Å². The minimum Gasteiger partial charge on any atom is -0.469 e. The number of rotatable bonds is 4. The van der Waals surface area contributed by atoms with Crippen molar-refractivity contribution in [3.8, 4) is 0 Å². The van der Waals surface area contributed by atoms with Crippen LogP contribution in [0.3, 0.4) is 0 Å². The van der Waals surface area contributed by atoms with Gasteiger partial charge in [0.1, 0.15) is 5.92 Å². The van der Waals surface area contributed by atoms with Crippen molar-refractivity contribution in [2.75, 3.05) is 20.0 Å². The van der Waals surface area contributed by atoms with E-state index in [-0.39, 0.29) is 6.42 Å². The van der Waals surface area contributed by atoms with Crippen molar-refractivity contribution < 1.29 is 19.1 Å². The number of thiazole rings is 1. The van der Waals surface area contributed by atoms with Crippen molar-refractivity contribution in [2.45, 2.75) is 12.3 Å². The normalized spacial score (nSPS) is 11.9. The quantitative estimate of drug-likeness (QED) is 0.777. The van der Waals surface area contributed by atoms with Gasteiger partial charge in [0.2, 0.25) is 0 Å². The molecule has 0 radical (unpaired) electrons. The Kier molecular flexibility index (Phi) is 4.24. The Morgan fingerprint density at radius 1 is 1.50 bits per heavy atom. The van der Waals surface area contributed by atoms with Gasteiger partial charge in [0, 0.05) is 5.38 Å². The van der Waals surface area contributed by atoms with E-state index in [9.17, 15) is 9.59 Å². The van der Waals surface area contributed by atoms with Crippen LogP contribution in [0.2, 0.25) is 0 Å². The van der Waals surface area contributed by atoms with E-state index in [1.54, 1.807) is 5.38 Å². The number of methoxy groups -OCH3 is 2. The molecule has 0 spiro atoms. The highest BCUT2D eigenvalue weighted by Crippen LogP contribution is 2.24. The summed E-state index contributed by atoms with van der Waals surface area (Å²) in [6.07, 6.45) is -0.105. The average Bonchev–Trinajstić information content (AvgIpc) is 2.71. The fraction of sp³-hybridized carbons (Fsp3) is 0.444. The van der Waals surface area contributed by atoms with Crippen molar-refractivity contribution in [2.24, 2.45) is 0 Å². The van der Waals surface area contributed by atoms with Crippen LogP contribution in [0.1, 0.15) is 18.0 Å². The number of hydrogen-bond acceptors (Lipinski definition) is 7. The fourth-order valence-electron chi connectivity index (χ4n) is 1.16. The smallest absolute Gasteiger partial charge is 0.315 e. The Bertz CT molecular complexity index is 391. The summed E-state index contributed by atoms with van der Waals surface area (Å²) in [5.41, 5.74) is 5.89. The third-order valence-electron chi connectivity index (χ3n) is 1.98. The number of carbonyl (C=O) groups is 2. The van der Waals surface area contributed by atoms with E-state index in [0.29, 0.717) is 10.8 Å². The molecule has 0 saturated heterocycles. The molecular weight excluding hydrogens is 232 g/mol. The second-order valence-electron chi connectivity index (χ2n) is 2.97. The van der Waals surface area contributed by atoms with E-state index in [4.69, 9.17) is 5.73 Å². The van der Waals surface area contributed by atoms with Gasteiger partial charge in [-0.1, -0.05) is 0 Å². The molecule has 1 heterocycles. The zero-order valence-corrected chi connectivity index (χ0v) is 9.74. The molecule has 0 amide bonds. The predicted molar refractivity (Wildman–Crippen MR) is 57.9 cm³/mol. The van der Waals surface area contributed by atoms with Crippen LogP contribution >= 0.6 is 11.3 Å². The van der Waals surface area contributed by atoms with Gasteiger partial charge in [0.25, 0.3) is 0 Å². The maximum atomic E-state index is 11.5. The van der Waals surface area contributed by atoms with Crippen LogP contribution in [0.25, 0.3) is 0 Å². The van der Waals surface area contributed by atoms with Gasteiger partial charge < -0.3 is 15.2 Å². The molecule has 0 saturated carbocycles. The van der Waals surface area contributed by atoms with E-state index in [0.717, 1.165) is 0 Å². The van der Waals surface area contributed by atoms with Crippen LogP contribution in [0, 0.1) is 0 Å². The minimum atomic E-state index is -0.758. The van der Waals surface area contributed by atoms with Crippen LogP contribution in [-0.4, -0.2) is 31.1 Å². The summed E-state index contributed by atoms with van der Waals surface area (Å²) in [5.74, 6) is -1.79. The largest absolute Gasteiger partial charge is 0.469 e. The minimum absolute atomic E-state index is 0.105. The molecule has 2 N–H and O–H groups in total. The summed E-state index contributed by atoms with van der Waals surface area (Å²) < 4.78 is 9.10. The number of esters is 2. The molecule has 1 atom stereocenters. The highest BCUT2D eigenvalue weighted by Gasteiger charge is 2.27. The number of hydrogen-bond donors (Lipinski definition) is 1. The Balaban J connectivity index is 2.87. The number of carbonyl (C=O) groups excluding carboxylic acids is 2. The lowest BCUT2D eigenvalue weighted by atomic mass is 10.0. The average molecular weight is 244 g/mol. The molecular formula is C9H12N2O4S. The maximum Gasteiger partial charge on any atom is 0.315 e. The second kappa shape index (κ2) is 5.45. The Hall–Kier alpha value is -1.63. The van der Waals surface area contributed by atoms with E-state index < -0.39 is 17.9 Å². The first-order valence-electron chi connectivity index (χ1n) is 4.44. The molecule has 7 heteroatoms. The second-order valence-corrected chi connectivity index (χ2v) is 3.86. The predicted octanol–water partition coefficient (Wildman–Crippen LogP) is 0.545. The molecule has 0 fully saturated rings. The van der Waals surface area contributed by atoms with Gasteiger partial charge in [0.05, 0.1) is 26.3 Å². The first-order valence-corrected chi connectivity index (χ1v) is 5.32. The van der Waals surface area contributed by atoms with Gasteiger partial charge in [-0.3, -0.25) is 9.59 Å². The first kappa shape index (κ1) is 12.4. The van der Waals surface area contributed by atoms with Crippen LogP contribution in [0.5, 0.6) is 0 Å². The highest BCUT2D eigenvalue weighted by atomic mass is 32.1. The van der Waals surface area contributed by atoms with Gasteiger partial charge in [-0.15, -0.1) is 11.3 Å².